The number of carbonyl (C=O) groups excluding carboxylic acids is 2. The zero-order valence-electron chi connectivity index (χ0n) is 13.0. The first-order chi connectivity index (χ1) is 11.1. The van der Waals surface area contributed by atoms with Gasteiger partial charge in [0.2, 0.25) is 0 Å². The third kappa shape index (κ3) is 4.01. The lowest BCUT2D eigenvalue weighted by atomic mass is 10.2. The molecule has 122 valence electrons. The SMILES string of the molecule is CCOC(=O)c1ccsc1NC(=O)c1cc(OC)cc(OC)c1. The molecular formula is C16H17NO5S. The Morgan fingerprint density at radius 3 is 2.35 bits per heavy atom. The highest BCUT2D eigenvalue weighted by molar-refractivity contribution is 7.14. The molecule has 0 saturated carbocycles. The maximum atomic E-state index is 12.4. The first-order valence-electron chi connectivity index (χ1n) is 6.88. The summed E-state index contributed by atoms with van der Waals surface area (Å²) in [6, 6.07) is 6.47. The molecule has 0 bridgehead atoms. The Morgan fingerprint density at radius 1 is 1.13 bits per heavy atom. The summed E-state index contributed by atoms with van der Waals surface area (Å²) in [5.74, 6) is 0.181. The average molecular weight is 335 g/mol. The van der Waals surface area contributed by atoms with Gasteiger partial charge in [0.25, 0.3) is 5.91 Å². The van der Waals surface area contributed by atoms with Crippen molar-refractivity contribution >= 4 is 28.2 Å². The van der Waals surface area contributed by atoms with Crippen LogP contribution in [0.15, 0.2) is 29.6 Å². The molecule has 0 radical (unpaired) electrons. The lowest BCUT2D eigenvalue weighted by Crippen LogP contribution is -2.14. The van der Waals surface area contributed by atoms with Crippen molar-refractivity contribution in [1.29, 1.82) is 0 Å². The number of methoxy groups -OCH3 is 2. The van der Waals surface area contributed by atoms with Gasteiger partial charge < -0.3 is 19.5 Å². The van der Waals surface area contributed by atoms with Gasteiger partial charge in [0, 0.05) is 11.6 Å². The molecule has 0 aliphatic carbocycles. The van der Waals surface area contributed by atoms with Crippen LogP contribution in [0.4, 0.5) is 5.00 Å². The van der Waals surface area contributed by atoms with Crippen molar-refractivity contribution < 1.29 is 23.8 Å². The Balaban J connectivity index is 2.23. The molecule has 1 amide bonds. The van der Waals surface area contributed by atoms with Crippen LogP contribution in [0, 0.1) is 0 Å². The number of esters is 1. The van der Waals surface area contributed by atoms with E-state index in [0.717, 1.165) is 0 Å². The van der Waals surface area contributed by atoms with Gasteiger partial charge in [0.05, 0.1) is 26.4 Å². The smallest absolute Gasteiger partial charge is 0.341 e. The standard InChI is InChI=1S/C16H17NO5S/c1-4-22-16(19)13-5-6-23-15(13)17-14(18)10-7-11(20-2)9-12(8-10)21-3/h5-9H,4H2,1-3H3,(H,17,18). The van der Waals surface area contributed by atoms with Crippen LogP contribution in [-0.2, 0) is 4.74 Å². The van der Waals surface area contributed by atoms with Crippen LogP contribution in [0.1, 0.15) is 27.6 Å². The molecule has 1 heterocycles. The number of hydrogen-bond acceptors (Lipinski definition) is 6. The van der Waals surface area contributed by atoms with Crippen LogP contribution < -0.4 is 14.8 Å². The zero-order valence-corrected chi connectivity index (χ0v) is 13.9. The minimum Gasteiger partial charge on any atom is -0.497 e. The summed E-state index contributed by atoms with van der Waals surface area (Å²) in [6.45, 7) is 2.00. The van der Waals surface area contributed by atoms with E-state index in [2.05, 4.69) is 5.32 Å². The van der Waals surface area contributed by atoms with Gasteiger partial charge in [-0.1, -0.05) is 0 Å². The molecule has 0 aliphatic rings. The molecule has 0 fully saturated rings. The highest BCUT2D eigenvalue weighted by Crippen LogP contribution is 2.27. The van der Waals surface area contributed by atoms with Gasteiger partial charge in [-0.25, -0.2) is 4.79 Å². The van der Waals surface area contributed by atoms with Crippen LogP contribution in [0.3, 0.4) is 0 Å². The fraction of sp³-hybridized carbons (Fsp3) is 0.250. The van der Waals surface area contributed by atoms with E-state index in [9.17, 15) is 9.59 Å². The Bertz CT molecular complexity index is 688. The molecular weight excluding hydrogens is 318 g/mol. The van der Waals surface area contributed by atoms with Crippen molar-refractivity contribution in [2.45, 2.75) is 6.92 Å². The second kappa shape index (κ2) is 7.64. The van der Waals surface area contributed by atoms with Crippen LogP contribution >= 0.6 is 11.3 Å². The van der Waals surface area contributed by atoms with Gasteiger partial charge in [-0.2, -0.15) is 0 Å². The number of anilines is 1. The van der Waals surface area contributed by atoms with E-state index < -0.39 is 5.97 Å². The minimum absolute atomic E-state index is 0.273. The predicted octanol–water partition coefficient (Wildman–Crippen LogP) is 3.19. The highest BCUT2D eigenvalue weighted by atomic mass is 32.1. The maximum Gasteiger partial charge on any atom is 0.341 e. The van der Waals surface area contributed by atoms with Crippen LogP contribution in [0.5, 0.6) is 11.5 Å². The number of thiophene rings is 1. The quantitative estimate of drug-likeness (QED) is 0.821. The summed E-state index contributed by atoms with van der Waals surface area (Å²) < 4.78 is 15.3. The first-order valence-corrected chi connectivity index (χ1v) is 7.76. The van der Waals surface area contributed by atoms with Crippen LogP contribution in [0.2, 0.25) is 0 Å². The molecule has 2 rings (SSSR count). The zero-order chi connectivity index (χ0) is 16.8. The lowest BCUT2D eigenvalue weighted by molar-refractivity contribution is 0.0528. The van der Waals surface area contributed by atoms with Crippen molar-refractivity contribution in [1.82, 2.24) is 0 Å². The summed E-state index contributed by atoms with van der Waals surface area (Å²) in [7, 11) is 3.02. The number of benzene rings is 1. The second-order valence-electron chi connectivity index (χ2n) is 4.44. The Labute approximate surface area is 138 Å². The largest absolute Gasteiger partial charge is 0.497 e. The van der Waals surface area contributed by atoms with E-state index in [1.807, 2.05) is 0 Å². The lowest BCUT2D eigenvalue weighted by Gasteiger charge is -2.09. The Hall–Kier alpha value is -2.54. The van der Waals surface area contributed by atoms with Crippen molar-refractivity contribution in [3.8, 4) is 11.5 Å². The van der Waals surface area contributed by atoms with Gasteiger partial charge in [-0.05, 0) is 30.5 Å². The second-order valence-corrected chi connectivity index (χ2v) is 5.36. The monoisotopic (exact) mass is 335 g/mol. The van der Waals surface area contributed by atoms with Gasteiger partial charge in [0.1, 0.15) is 16.5 Å². The van der Waals surface area contributed by atoms with E-state index in [1.165, 1.54) is 25.6 Å². The summed E-state index contributed by atoms with van der Waals surface area (Å²) in [5.41, 5.74) is 0.699. The van der Waals surface area contributed by atoms with Crippen molar-refractivity contribution in [3.05, 3.63) is 40.8 Å². The topological polar surface area (TPSA) is 73.9 Å². The Morgan fingerprint density at radius 2 is 1.78 bits per heavy atom. The summed E-state index contributed by atoms with van der Waals surface area (Å²) in [5, 5.41) is 4.87. The van der Waals surface area contributed by atoms with E-state index in [1.54, 1.807) is 36.6 Å². The van der Waals surface area contributed by atoms with Crippen molar-refractivity contribution in [2.75, 3.05) is 26.1 Å². The van der Waals surface area contributed by atoms with Crippen molar-refractivity contribution in [2.24, 2.45) is 0 Å². The first kappa shape index (κ1) is 16.8. The van der Waals surface area contributed by atoms with Gasteiger partial charge in [-0.15, -0.1) is 11.3 Å². The number of carbonyl (C=O) groups is 2. The number of nitrogens with one attached hydrogen (secondary N) is 1. The fourth-order valence-electron chi connectivity index (χ4n) is 1.89. The molecule has 1 N–H and O–H groups in total. The molecule has 7 heteroatoms. The van der Waals surface area contributed by atoms with E-state index in [4.69, 9.17) is 14.2 Å². The molecule has 2 aromatic rings. The number of hydrogen-bond donors (Lipinski definition) is 1. The molecule has 1 aromatic carbocycles. The third-order valence-electron chi connectivity index (χ3n) is 3.00. The molecule has 0 aliphatic heterocycles. The predicted molar refractivity (Wildman–Crippen MR) is 87.8 cm³/mol. The molecule has 1 aromatic heterocycles. The molecule has 6 nitrogen and oxygen atoms in total. The molecule has 0 saturated heterocycles. The number of rotatable bonds is 6. The molecule has 0 unspecified atom stereocenters. The van der Waals surface area contributed by atoms with Crippen molar-refractivity contribution in [3.63, 3.8) is 0 Å². The van der Waals surface area contributed by atoms with Crippen LogP contribution in [0.25, 0.3) is 0 Å². The third-order valence-corrected chi connectivity index (χ3v) is 3.83. The number of ether oxygens (including phenoxy) is 3. The van der Waals surface area contributed by atoms with E-state index >= 15 is 0 Å². The Kier molecular flexibility index (Phi) is 5.59. The highest BCUT2D eigenvalue weighted by Gasteiger charge is 2.17. The number of amides is 1. The summed E-state index contributed by atoms with van der Waals surface area (Å²) >= 11 is 1.25. The molecule has 23 heavy (non-hydrogen) atoms. The van der Waals surface area contributed by atoms with Crippen LogP contribution in [-0.4, -0.2) is 32.7 Å². The summed E-state index contributed by atoms with van der Waals surface area (Å²) in [4.78, 5) is 24.3. The van der Waals surface area contributed by atoms with Gasteiger partial charge >= 0.3 is 5.97 Å². The fourth-order valence-corrected chi connectivity index (χ4v) is 2.66. The normalized spacial score (nSPS) is 10.0. The maximum absolute atomic E-state index is 12.4. The van der Waals surface area contributed by atoms with Gasteiger partial charge in [0.15, 0.2) is 0 Å². The van der Waals surface area contributed by atoms with E-state index in [0.29, 0.717) is 27.6 Å². The van der Waals surface area contributed by atoms with Gasteiger partial charge in [-0.3, -0.25) is 4.79 Å². The molecule has 0 spiro atoms. The minimum atomic E-state index is -0.465. The molecule has 0 atom stereocenters. The summed E-state index contributed by atoms with van der Waals surface area (Å²) in [6.07, 6.45) is 0. The van der Waals surface area contributed by atoms with E-state index in [-0.39, 0.29) is 12.5 Å². The average Bonchev–Trinajstić information content (AvgIpc) is 3.02.